The molecule has 2 atom stereocenters. The molecule has 0 aromatic heterocycles. The van der Waals surface area contributed by atoms with Gasteiger partial charge in [0.15, 0.2) is 0 Å². The Kier molecular flexibility index (Phi) is 8.91. The van der Waals surface area contributed by atoms with E-state index in [2.05, 4.69) is 0 Å². The van der Waals surface area contributed by atoms with E-state index in [4.69, 9.17) is 35.7 Å². The smallest absolute Gasteiger partial charge is 0.336 e. The number of benzene rings is 1. The summed E-state index contributed by atoms with van der Waals surface area (Å²) in [6.07, 6.45) is -4.29. The first-order chi connectivity index (χ1) is 10.3. The SMILES string of the molecule is O=C(O)c1ccccc1C(=O)O.OCC(O)C(O)C(O)CO. The van der Waals surface area contributed by atoms with Crippen molar-refractivity contribution in [2.45, 2.75) is 18.3 Å². The van der Waals surface area contributed by atoms with Gasteiger partial charge in [-0.3, -0.25) is 0 Å². The van der Waals surface area contributed by atoms with Gasteiger partial charge in [-0.05, 0) is 12.1 Å². The summed E-state index contributed by atoms with van der Waals surface area (Å²) in [5.74, 6) is -2.46. The fraction of sp³-hybridized carbons (Fsp3) is 0.385. The number of carboxylic acid groups (broad SMARTS) is 2. The maximum absolute atomic E-state index is 10.5. The third-order valence-electron chi connectivity index (χ3n) is 2.55. The van der Waals surface area contributed by atoms with Gasteiger partial charge in [-0.2, -0.15) is 0 Å². The topological polar surface area (TPSA) is 176 Å². The lowest BCUT2D eigenvalue weighted by Gasteiger charge is -2.19. The fourth-order valence-electron chi connectivity index (χ4n) is 1.33. The van der Waals surface area contributed by atoms with E-state index in [0.717, 1.165) is 0 Å². The van der Waals surface area contributed by atoms with Gasteiger partial charge in [0, 0.05) is 0 Å². The third-order valence-corrected chi connectivity index (χ3v) is 2.55. The summed E-state index contributed by atoms with van der Waals surface area (Å²) in [6.45, 7) is -1.28. The lowest BCUT2D eigenvalue weighted by atomic mass is 10.1. The molecule has 0 aliphatic heterocycles. The summed E-state index contributed by atoms with van der Waals surface area (Å²) >= 11 is 0. The molecular formula is C13H18O9. The van der Waals surface area contributed by atoms with Crippen molar-refractivity contribution >= 4 is 11.9 Å². The zero-order valence-corrected chi connectivity index (χ0v) is 11.4. The molecule has 0 spiro atoms. The molecule has 7 N–H and O–H groups in total. The molecule has 0 bridgehead atoms. The van der Waals surface area contributed by atoms with E-state index in [1.165, 1.54) is 24.3 Å². The first-order valence-electron chi connectivity index (χ1n) is 6.07. The van der Waals surface area contributed by atoms with Gasteiger partial charge in [0.25, 0.3) is 0 Å². The minimum absolute atomic E-state index is 0.190. The van der Waals surface area contributed by atoms with Crippen LogP contribution in [0.15, 0.2) is 24.3 Å². The highest BCUT2D eigenvalue weighted by molar-refractivity contribution is 6.01. The molecule has 1 aromatic carbocycles. The van der Waals surface area contributed by atoms with Gasteiger partial charge >= 0.3 is 11.9 Å². The Labute approximate surface area is 125 Å². The van der Waals surface area contributed by atoms with Gasteiger partial charge < -0.3 is 35.7 Å². The Morgan fingerprint density at radius 3 is 1.36 bits per heavy atom. The normalized spacial score (nSPS) is 14.2. The summed E-state index contributed by atoms with van der Waals surface area (Å²) in [5, 5.41) is 59.7. The average molecular weight is 318 g/mol. The van der Waals surface area contributed by atoms with Crippen LogP contribution in [0.4, 0.5) is 0 Å². The molecule has 9 nitrogen and oxygen atoms in total. The highest BCUT2D eigenvalue weighted by Gasteiger charge is 2.22. The molecule has 1 aromatic rings. The van der Waals surface area contributed by atoms with Crippen LogP contribution in [0.1, 0.15) is 20.7 Å². The Hall–Kier alpha value is -2.04. The van der Waals surface area contributed by atoms with Crippen molar-refractivity contribution in [3.8, 4) is 0 Å². The number of carboxylic acids is 2. The second-order valence-corrected chi connectivity index (χ2v) is 4.15. The van der Waals surface area contributed by atoms with E-state index in [-0.39, 0.29) is 11.1 Å². The van der Waals surface area contributed by atoms with Crippen molar-refractivity contribution < 1.29 is 45.3 Å². The molecule has 0 amide bonds. The molecular weight excluding hydrogens is 300 g/mol. The Morgan fingerprint density at radius 1 is 0.818 bits per heavy atom. The number of hydrogen-bond donors (Lipinski definition) is 7. The van der Waals surface area contributed by atoms with Crippen LogP contribution in [0.5, 0.6) is 0 Å². The van der Waals surface area contributed by atoms with E-state index in [1.807, 2.05) is 0 Å². The molecule has 0 aliphatic rings. The summed E-state index contributed by atoms with van der Waals surface area (Å²) in [6, 6.07) is 5.48. The van der Waals surface area contributed by atoms with Crippen LogP contribution in [0.2, 0.25) is 0 Å². The van der Waals surface area contributed by atoms with Crippen molar-refractivity contribution in [1.29, 1.82) is 0 Å². The zero-order chi connectivity index (χ0) is 17.3. The molecule has 0 saturated carbocycles. The van der Waals surface area contributed by atoms with E-state index in [9.17, 15) is 9.59 Å². The first kappa shape index (κ1) is 20.0. The number of rotatable bonds is 6. The Morgan fingerprint density at radius 2 is 1.14 bits per heavy atom. The van der Waals surface area contributed by atoms with Gasteiger partial charge in [-0.25, -0.2) is 9.59 Å². The summed E-state index contributed by atoms with van der Waals surface area (Å²) in [7, 11) is 0. The molecule has 124 valence electrons. The van der Waals surface area contributed by atoms with E-state index < -0.39 is 43.5 Å². The van der Waals surface area contributed by atoms with Crippen molar-refractivity contribution in [2.75, 3.05) is 13.2 Å². The zero-order valence-electron chi connectivity index (χ0n) is 11.4. The Bertz CT molecular complexity index is 445. The van der Waals surface area contributed by atoms with Crippen LogP contribution in [-0.4, -0.2) is 79.2 Å². The summed E-state index contributed by atoms with van der Waals surface area (Å²) < 4.78 is 0. The molecule has 0 saturated heterocycles. The fourth-order valence-corrected chi connectivity index (χ4v) is 1.33. The predicted molar refractivity (Wildman–Crippen MR) is 72.6 cm³/mol. The van der Waals surface area contributed by atoms with Crippen LogP contribution in [0, 0.1) is 0 Å². The Balaban J connectivity index is 0.000000409. The van der Waals surface area contributed by atoms with Crippen molar-refractivity contribution in [3.05, 3.63) is 35.4 Å². The second kappa shape index (κ2) is 9.82. The van der Waals surface area contributed by atoms with Crippen LogP contribution in [0.3, 0.4) is 0 Å². The van der Waals surface area contributed by atoms with Gasteiger partial charge in [0.2, 0.25) is 0 Å². The largest absolute Gasteiger partial charge is 0.478 e. The minimum atomic E-state index is -1.49. The first-order valence-corrected chi connectivity index (χ1v) is 6.07. The number of carbonyl (C=O) groups is 2. The van der Waals surface area contributed by atoms with Crippen LogP contribution < -0.4 is 0 Å². The number of aliphatic hydroxyl groups excluding tert-OH is 5. The highest BCUT2D eigenvalue weighted by atomic mass is 16.4. The lowest BCUT2D eigenvalue weighted by molar-refractivity contribution is -0.0900. The van der Waals surface area contributed by atoms with Crippen LogP contribution in [-0.2, 0) is 0 Å². The van der Waals surface area contributed by atoms with Gasteiger partial charge in [0.1, 0.15) is 18.3 Å². The van der Waals surface area contributed by atoms with E-state index in [0.29, 0.717) is 0 Å². The summed E-state index contributed by atoms with van der Waals surface area (Å²) in [5.41, 5.74) is -0.380. The molecule has 0 fully saturated rings. The second-order valence-electron chi connectivity index (χ2n) is 4.15. The molecule has 0 radical (unpaired) electrons. The number of aliphatic hydroxyl groups is 5. The molecule has 1 rings (SSSR count). The standard InChI is InChI=1S/C8H6O4.C5H12O5/c9-7(10)5-3-1-2-4-6(5)8(11)12;6-1-3(8)5(10)4(9)2-7/h1-4H,(H,9,10)(H,11,12);3-10H,1-2H2. The maximum Gasteiger partial charge on any atom is 0.336 e. The van der Waals surface area contributed by atoms with Crippen molar-refractivity contribution in [1.82, 2.24) is 0 Å². The van der Waals surface area contributed by atoms with Crippen molar-refractivity contribution in [3.63, 3.8) is 0 Å². The molecule has 22 heavy (non-hydrogen) atoms. The van der Waals surface area contributed by atoms with Crippen LogP contribution in [0.25, 0.3) is 0 Å². The number of hydrogen-bond acceptors (Lipinski definition) is 7. The van der Waals surface area contributed by atoms with Crippen molar-refractivity contribution in [2.24, 2.45) is 0 Å². The summed E-state index contributed by atoms with van der Waals surface area (Å²) in [4.78, 5) is 20.9. The monoisotopic (exact) mass is 318 g/mol. The van der Waals surface area contributed by atoms with Gasteiger partial charge in [0.05, 0.1) is 24.3 Å². The number of aromatic carboxylic acids is 2. The predicted octanol–water partition coefficient (Wildman–Crippen LogP) is -1.86. The molecule has 0 heterocycles. The molecule has 2 unspecified atom stereocenters. The maximum atomic E-state index is 10.5. The lowest BCUT2D eigenvalue weighted by Crippen LogP contribution is -2.41. The van der Waals surface area contributed by atoms with Gasteiger partial charge in [-0.15, -0.1) is 0 Å². The van der Waals surface area contributed by atoms with E-state index >= 15 is 0 Å². The van der Waals surface area contributed by atoms with Gasteiger partial charge in [-0.1, -0.05) is 12.1 Å². The quantitative estimate of drug-likeness (QED) is 0.317. The molecule has 9 heteroatoms. The average Bonchev–Trinajstić information content (AvgIpc) is 2.52. The van der Waals surface area contributed by atoms with Crippen LogP contribution >= 0.6 is 0 Å². The third kappa shape index (κ3) is 6.16. The minimum Gasteiger partial charge on any atom is -0.478 e. The van der Waals surface area contributed by atoms with E-state index in [1.54, 1.807) is 0 Å². The highest BCUT2D eigenvalue weighted by Crippen LogP contribution is 2.07. The molecule has 0 aliphatic carbocycles.